The van der Waals surface area contributed by atoms with E-state index in [0.717, 1.165) is 62.2 Å². The number of nitrogens with one attached hydrogen (secondary N) is 1. The molecular weight excluding hydrogens is 526 g/mol. The lowest BCUT2D eigenvalue weighted by atomic mass is 9.99. The topological polar surface area (TPSA) is 58.4 Å². The lowest BCUT2D eigenvalue weighted by molar-refractivity contribution is 0.203. The molecule has 2 heterocycles. The highest BCUT2D eigenvalue weighted by molar-refractivity contribution is 7.98. The Bertz CT molecular complexity index is 1640. The van der Waals surface area contributed by atoms with E-state index in [4.69, 9.17) is 4.42 Å². The van der Waals surface area contributed by atoms with Crippen molar-refractivity contribution in [2.24, 2.45) is 0 Å². The van der Waals surface area contributed by atoms with E-state index in [1.54, 1.807) is 18.0 Å². The molecule has 2 amide bonds. The van der Waals surface area contributed by atoms with Gasteiger partial charge in [-0.25, -0.2) is 4.79 Å². The molecule has 0 saturated heterocycles. The highest BCUT2D eigenvalue weighted by Gasteiger charge is 2.23. The summed E-state index contributed by atoms with van der Waals surface area (Å²) < 4.78 is 6.49. The number of nitrogens with zero attached hydrogens (tertiary/aromatic N) is 2. The van der Waals surface area contributed by atoms with Gasteiger partial charge in [-0.3, -0.25) is 4.98 Å². The number of anilines is 1. The molecule has 1 N–H and O–H groups in total. The van der Waals surface area contributed by atoms with E-state index in [2.05, 4.69) is 67.5 Å². The minimum Gasteiger partial charge on any atom is -0.459 e. The zero-order valence-corrected chi connectivity index (χ0v) is 25.3. The lowest BCUT2D eigenvalue weighted by Gasteiger charge is -2.24. The van der Waals surface area contributed by atoms with Crippen molar-refractivity contribution in [3.8, 4) is 11.1 Å². The summed E-state index contributed by atoms with van der Waals surface area (Å²) in [5.74, 6) is 0.808. The van der Waals surface area contributed by atoms with Gasteiger partial charge in [0.25, 0.3) is 0 Å². The molecule has 0 aliphatic carbocycles. The van der Waals surface area contributed by atoms with Gasteiger partial charge in [0.05, 0.1) is 17.7 Å². The first-order valence-electron chi connectivity index (χ1n) is 14.5. The molecule has 0 aliphatic heterocycles. The summed E-state index contributed by atoms with van der Waals surface area (Å²) in [6.45, 7) is 7.45. The molecule has 3 aromatic carbocycles. The quantitative estimate of drug-likeness (QED) is 0.128. The number of aromatic nitrogens is 1. The predicted molar refractivity (Wildman–Crippen MR) is 173 cm³/mol. The summed E-state index contributed by atoms with van der Waals surface area (Å²) in [7, 11) is 0. The Hall–Kier alpha value is -3.77. The predicted octanol–water partition coefficient (Wildman–Crippen LogP) is 9.99. The van der Waals surface area contributed by atoms with Crippen LogP contribution >= 0.6 is 11.8 Å². The Kier molecular flexibility index (Phi) is 9.30. The summed E-state index contributed by atoms with van der Waals surface area (Å²) >= 11 is 1.62. The van der Waals surface area contributed by atoms with Crippen LogP contribution in [0.1, 0.15) is 55.9 Å². The van der Waals surface area contributed by atoms with Gasteiger partial charge in [0.15, 0.2) is 0 Å². The van der Waals surface area contributed by atoms with Crippen molar-refractivity contribution in [3.63, 3.8) is 0 Å². The SMILES string of the molecule is CCCCCCCN(Cc1oc2ccc(C)cc2c1-c1ccc(C)cc1)C(=O)Nc1c(SC)ccc2ncccc12. The fraction of sp³-hybridized carbons (Fsp3) is 0.314. The number of carbonyl (C=O) groups is 1. The largest absolute Gasteiger partial charge is 0.459 e. The van der Waals surface area contributed by atoms with Crippen molar-refractivity contribution < 1.29 is 9.21 Å². The van der Waals surface area contributed by atoms with Crippen LogP contribution in [-0.4, -0.2) is 28.7 Å². The molecule has 41 heavy (non-hydrogen) atoms. The molecule has 0 spiro atoms. The average molecular weight is 566 g/mol. The van der Waals surface area contributed by atoms with Crippen LogP contribution in [0.4, 0.5) is 10.5 Å². The van der Waals surface area contributed by atoms with Crippen molar-refractivity contribution in [2.45, 2.75) is 64.3 Å². The highest BCUT2D eigenvalue weighted by Crippen LogP contribution is 2.37. The van der Waals surface area contributed by atoms with Gasteiger partial charge in [0.2, 0.25) is 0 Å². The Labute approximate surface area is 247 Å². The maximum absolute atomic E-state index is 14.1. The van der Waals surface area contributed by atoms with Crippen molar-refractivity contribution in [3.05, 3.63) is 89.8 Å². The zero-order valence-electron chi connectivity index (χ0n) is 24.5. The molecule has 0 saturated carbocycles. The van der Waals surface area contributed by atoms with Gasteiger partial charge < -0.3 is 14.6 Å². The second-order valence-electron chi connectivity index (χ2n) is 10.7. The van der Waals surface area contributed by atoms with E-state index in [9.17, 15) is 4.79 Å². The summed E-state index contributed by atoms with van der Waals surface area (Å²) in [4.78, 5) is 21.5. The highest BCUT2D eigenvalue weighted by atomic mass is 32.2. The van der Waals surface area contributed by atoms with E-state index < -0.39 is 0 Å². The standard InChI is InChI=1S/C35H39N3O2S/c1-5-6-7-8-9-21-38(35(39)37-34-27-11-10-20-36-29(27)17-19-32(34)41-4)23-31-33(26-15-12-24(2)13-16-26)28-22-25(3)14-18-30(28)40-31/h10-20,22H,5-9,21,23H2,1-4H3,(H,37,39). The van der Waals surface area contributed by atoms with Crippen LogP contribution < -0.4 is 5.32 Å². The zero-order chi connectivity index (χ0) is 28.8. The van der Waals surface area contributed by atoms with Crippen molar-refractivity contribution in [2.75, 3.05) is 18.1 Å². The van der Waals surface area contributed by atoms with Gasteiger partial charge in [-0.15, -0.1) is 11.8 Å². The van der Waals surface area contributed by atoms with E-state index >= 15 is 0 Å². The molecule has 5 rings (SSSR count). The number of hydrogen-bond donors (Lipinski definition) is 1. The molecule has 5 nitrogen and oxygen atoms in total. The van der Waals surface area contributed by atoms with Crippen molar-refractivity contribution in [1.82, 2.24) is 9.88 Å². The molecule has 0 radical (unpaired) electrons. The van der Waals surface area contributed by atoms with Crippen molar-refractivity contribution >= 4 is 45.4 Å². The number of fused-ring (bicyclic) bond motifs is 2. The van der Waals surface area contributed by atoms with Crippen LogP contribution in [-0.2, 0) is 6.54 Å². The second-order valence-corrected chi connectivity index (χ2v) is 11.6. The third-order valence-electron chi connectivity index (χ3n) is 7.61. The molecule has 0 aliphatic rings. The molecule has 6 heteroatoms. The number of amides is 2. The maximum atomic E-state index is 14.1. The molecule has 2 aromatic heterocycles. The first kappa shape index (κ1) is 28.7. The third kappa shape index (κ3) is 6.59. The molecular formula is C35H39N3O2S. The molecule has 0 unspecified atom stereocenters. The van der Waals surface area contributed by atoms with Crippen LogP contribution in [0, 0.1) is 13.8 Å². The van der Waals surface area contributed by atoms with E-state index in [1.807, 2.05) is 41.5 Å². The number of benzene rings is 3. The maximum Gasteiger partial charge on any atom is 0.322 e. The minimum atomic E-state index is -0.126. The number of aryl methyl sites for hydroxylation is 2. The number of rotatable bonds is 11. The number of pyridine rings is 1. The third-order valence-corrected chi connectivity index (χ3v) is 8.39. The normalized spacial score (nSPS) is 11.3. The summed E-state index contributed by atoms with van der Waals surface area (Å²) in [5.41, 5.74) is 7.06. The van der Waals surface area contributed by atoms with E-state index in [-0.39, 0.29) is 6.03 Å². The number of thioether (sulfide) groups is 1. The van der Waals surface area contributed by atoms with Crippen LogP contribution in [0.15, 0.2) is 82.2 Å². The minimum absolute atomic E-state index is 0.126. The fourth-order valence-electron chi connectivity index (χ4n) is 5.36. The number of hydrogen-bond acceptors (Lipinski definition) is 4. The van der Waals surface area contributed by atoms with Crippen molar-refractivity contribution in [1.29, 1.82) is 0 Å². The van der Waals surface area contributed by atoms with Gasteiger partial charge in [-0.1, -0.05) is 74.1 Å². The molecule has 0 atom stereocenters. The first-order chi connectivity index (χ1) is 20.0. The Balaban J connectivity index is 1.51. The van der Waals surface area contributed by atoms with Crippen LogP contribution in [0.2, 0.25) is 0 Å². The number of unbranched alkanes of at least 4 members (excludes halogenated alkanes) is 4. The summed E-state index contributed by atoms with van der Waals surface area (Å²) in [6, 6.07) is 22.7. The van der Waals surface area contributed by atoms with Crippen LogP contribution in [0.25, 0.3) is 33.0 Å². The number of urea groups is 1. The Morgan fingerprint density at radius 2 is 1.71 bits per heavy atom. The number of carbonyl (C=O) groups excluding carboxylic acids is 1. The fourth-order valence-corrected chi connectivity index (χ4v) is 5.93. The smallest absolute Gasteiger partial charge is 0.322 e. The van der Waals surface area contributed by atoms with Gasteiger partial charge in [-0.2, -0.15) is 0 Å². The molecule has 212 valence electrons. The van der Waals surface area contributed by atoms with E-state index in [0.29, 0.717) is 13.1 Å². The second kappa shape index (κ2) is 13.3. The molecule has 5 aromatic rings. The molecule has 0 bridgehead atoms. The average Bonchev–Trinajstić information content (AvgIpc) is 3.33. The Morgan fingerprint density at radius 1 is 0.927 bits per heavy atom. The van der Waals surface area contributed by atoms with Crippen LogP contribution in [0.3, 0.4) is 0 Å². The monoisotopic (exact) mass is 565 g/mol. The molecule has 0 fully saturated rings. The van der Waals surface area contributed by atoms with Gasteiger partial charge in [0, 0.05) is 34.0 Å². The number of furan rings is 1. The van der Waals surface area contributed by atoms with Crippen LogP contribution in [0.5, 0.6) is 0 Å². The van der Waals surface area contributed by atoms with Gasteiger partial charge in [0.1, 0.15) is 11.3 Å². The first-order valence-corrected chi connectivity index (χ1v) is 15.8. The summed E-state index contributed by atoms with van der Waals surface area (Å²) in [6.07, 6.45) is 9.43. The Morgan fingerprint density at radius 3 is 2.49 bits per heavy atom. The van der Waals surface area contributed by atoms with Gasteiger partial charge >= 0.3 is 6.03 Å². The lowest BCUT2D eigenvalue weighted by Crippen LogP contribution is -2.35. The van der Waals surface area contributed by atoms with E-state index in [1.165, 1.54) is 30.4 Å². The van der Waals surface area contributed by atoms with Gasteiger partial charge in [-0.05, 0) is 68.5 Å². The summed E-state index contributed by atoms with van der Waals surface area (Å²) in [5, 5.41) is 5.29.